The van der Waals surface area contributed by atoms with Crippen LogP contribution in [0.3, 0.4) is 0 Å². The number of aromatic amines is 1. The number of halogens is 1. The molecule has 0 spiro atoms. The van der Waals surface area contributed by atoms with Gasteiger partial charge in [-0.05, 0) is 35.9 Å². The third kappa shape index (κ3) is 3.10. The lowest BCUT2D eigenvalue weighted by atomic mass is 10.2. The molecule has 1 N–H and O–H groups in total. The summed E-state index contributed by atoms with van der Waals surface area (Å²) in [5.41, 5.74) is 2.73. The van der Waals surface area contributed by atoms with Gasteiger partial charge in [0.2, 0.25) is 0 Å². The van der Waals surface area contributed by atoms with E-state index in [1.807, 2.05) is 12.3 Å². The van der Waals surface area contributed by atoms with Gasteiger partial charge < -0.3 is 4.98 Å². The fraction of sp³-hybridized carbons (Fsp3) is 0.111. The minimum atomic E-state index is -3.51. The Morgan fingerprint density at radius 3 is 2.76 bits per heavy atom. The van der Waals surface area contributed by atoms with E-state index >= 15 is 0 Å². The smallest absolute Gasteiger partial charge is 0.182 e. The summed E-state index contributed by atoms with van der Waals surface area (Å²) < 4.78 is 25.5. The van der Waals surface area contributed by atoms with E-state index < -0.39 is 9.84 Å². The zero-order valence-corrected chi connectivity index (χ0v) is 14.7. The topological polar surface area (TPSA) is 75.2 Å². The van der Waals surface area contributed by atoms with Crippen molar-refractivity contribution in [2.75, 3.05) is 0 Å². The van der Waals surface area contributed by atoms with E-state index in [9.17, 15) is 8.42 Å². The molecule has 1 aliphatic heterocycles. The van der Waals surface area contributed by atoms with E-state index in [2.05, 4.69) is 15.0 Å². The second-order valence-corrected chi connectivity index (χ2v) is 8.15. The minimum absolute atomic E-state index is 0.144. The number of sulfone groups is 1. The summed E-state index contributed by atoms with van der Waals surface area (Å²) in [6, 6.07) is 11.8. The molecule has 5 nitrogen and oxygen atoms in total. The van der Waals surface area contributed by atoms with Crippen molar-refractivity contribution in [3.05, 3.63) is 65.0 Å². The number of H-pyrrole nitrogens is 1. The zero-order chi connectivity index (χ0) is 17.4. The molecule has 2 aromatic carbocycles. The van der Waals surface area contributed by atoms with Crippen molar-refractivity contribution in [3.63, 3.8) is 0 Å². The normalized spacial score (nSPS) is 14.2. The lowest BCUT2D eigenvalue weighted by molar-refractivity contribution is 0.595. The SMILES string of the molecule is O=S(=O)(Cc1ccccc1Cl)c1ccc2nc(C3=CCC=N3)[nH]c2c1. The molecule has 0 aliphatic carbocycles. The summed E-state index contributed by atoms with van der Waals surface area (Å²) in [5, 5.41) is 0.446. The van der Waals surface area contributed by atoms with Gasteiger partial charge in [0, 0.05) is 17.7 Å². The summed E-state index contributed by atoms with van der Waals surface area (Å²) in [6.45, 7) is 0. The van der Waals surface area contributed by atoms with Crippen LogP contribution in [0.4, 0.5) is 0 Å². The standard InChI is InChI=1S/C18H14ClN3O2S/c19-14-5-2-1-4-12(14)11-25(23,24)13-7-8-15-17(10-13)22-18(21-15)16-6-3-9-20-16/h1-2,4-10H,3,11H2,(H,21,22). The second kappa shape index (κ2) is 6.13. The third-order valence-corrected chi connectivity index (χ3v) is 6.04. The largest absolute Gasteiger partial charge is 0.337 e. The Kier molecular flexibility index (Phi) is 3.94. The molecule has 1 aliphatic rings. The molecule has 126 valence electrons. The molecule has 0 unspecified atom stereocenters. The molecule has 0 saturated carbocycles. The first kappa shape index (κ1) is 16.1. The number of hydrogen-bond acceptors (Lipinski definition) is 4. The van der Waals surface area contributed by atoms with Crippen LogP contribution in [0.2, 0.25) is 5.02 Å². The van der Waals surface area contributed by atoms with Gasteiger partial charge >= 0.3 is 0 Å². The fourth-order valence-electron chi connectivity index (χ4n) is 2.73. The number of aliphatic imine (C=N–C) groups is 1. The summed E-state index contributed by atoms with van der Waals surface area (Å²) in [4.78, 5) is 12.1. The van der Waals surface area contributed by atoms with Crippen LogP contribution in [0.15, 0.2) is 58.4 Å². The Labute approximate surface area is 150 Å². The molecular formula is C18H14ClN3O2S. The molecule has 2 heterocycles. The first-order valence-electron chi connectivity index (χ1n) is 7.72. The highest BCUT2D eigenvalue weighted by Gasteiger charge is 2.18. The number of fused-ring (bicyclic) bond motifs is 1. The Balaban J connectivity index is 1.71. The molecule has 25 heavy (non-hydrogen) atoms. The monoisotopic (exact) mass is 371 g/mol. The van der Waals surface area contributed by atoms with Crippen LogP contribution < -0.4 is 0 Å². The lowest BCUT2D eigenvalue weighted by Gasteiger charge is -2.06. The van der Waals surface area contributed by atoms with Crippen LogP contribution in [0.25, 0.3) is 16.7 Å². The Morgan fingerprint density at radius 2 is 2.00 bits per heavy atom. The van der Waals surface area contributed by atoms with E-state index in [1.165, 1.54) is 0 Å². The maximum atomic E-state index is 12.7. The van der Waals surface area contributed by atoms with Gasteiger partial charge in [-0.2, -0.15) is 0 Å². The highest BCUT2D eigenvalue weighted by atomic mass is 35.5. The van der Waals surface area contributed by atoms with Crippen LogP contribution in [-0.2, 0) is 15.6 Å². The van der Waals surface area contributed by atoms with Crippen LogP contribution in [0.1, 0.15) is 17.8 Å². The average Bonchev–Trinajstić information content (AvgIpc) is 3.25. The van der Waals surface area contributed by atoms with Crippen LogP contribution in [0, 0.1) is 0 Å². The maximum Gasteiger partial charge on any atom is 0.182 e. The van der Waals surface area contributed by atoms with Crippen molar-refractivity contribution in [1.82, 2.24) is 9.97 Å². The number of nitrogens with zero attached hydrogens (tertiary/aromatic N) is 2. The van der Waals surface area contributed by atoms with E-state index in [0.29, 0.717) is 27.4 Å². The molecule has 7 heteroatoms. The van der Waals surface area contributed by atoms with Gasteiger partial charge in [0.25, 0.3) is 0 Å². The highest BCUT2D eigenvalue weighted by molar-refractivity contribution is 7.90. The number of allylic oxidation sites excluding steroid dienone is 1. The molecule has 0 atom stereocenters. The van der Waals surface area contributed by atoms with Crippen molar-refractivity contribution in [2.24, 2.45) is 4.99 Å². The average molecular weight is 372 g/mol. The number of aromatic nitrogens is 2. The summed E-state index contributed by atoms with van der Waals surface area (Å²) in [5.74, 6) is 0.499. The molecule has 4 rings (SSSR count). The van der Waals surface area contributed by atoms with Crippen molar-refractivity contribution in [3.8, 4) is 0 Å². The molecule has 0 fully saturated rings. The van der Waals surface area contributed by atoms with E-state index in [4.69, 9.17) is 11.6 Å². The van der Waals surface area contributed by atoms with E-state index in [-0.39, 0.29) is 10.6 Å². The van der Waals surface area contributed by atoms with Crippen molar-refractivity contribution in [1.29, 1.82) is 0 Å². The van der Waals surface area contributed by atoms with E-state index in [0.717, 1.165) is 12.1 Å². The van der Waals surface area contributed by atoms with Gasteiger partial charge in [-0.15, -0.1) is 0 Å². The molecule has 0 radical (unpaired) electrons. The highest BCUT2D eigenvalue weighted by Crippen LogP contribution is 2.26. The Bertz CT molecular complexity index is 1130. The summed E-state index contributed by atoms with van der Waals surface area (Å²) >= 11 is 6.09. The van der Waals surface area contributed by atoms with Gasteiger partial charge in [0.1, 0.15) is 5.70 Å². The number of hydrogen-bond donors (Lipinski definition) is 1. The lowest BCUT2D eigenvalue weighted by Crippen LogP contribution is -2.05. The molecule has 0 amide bonds. The van der Waals surface area contributed by atoms with Crippen LogP contribution >= 0.6 is 11.6 Å². The Hall–Kier alpha value is -2.44. The van der Waals surface area contributed by atoms with Gasteiger partial charge in [-0.25, -0.2) is 13.4 Å². The predicted octanol–water partition coefficient (Wildman–Crippen LogP) is 4.01. The molecule has 3 aromatic rings. The van der Waals surface area contributed by atoms with Crippen LogP contribution in [-0.4, -0.2) is 24.6 Å². The zero-order valence-electron chi connectivity index (χ0n) is 13.1. The maximum absolute atomic E-state index is 12.7. The first-order chi connectivity index (χ1) is 12.0. The molecule has 0 bridgehead atoms. The van der Waals surface area contributed by atoms with Gasteiger partial charge in [0.15, 0.2) is 15.7 Å². The number of imidazole rings is 1. The predicted molar refractivity (Wildman–Crippen MR) is 99.5 cm³/mol. The van der Waals surface area contributed by atoms with Crippen LogP contribution in [0.5, 0.6) is 0 Å². The third-order valence-electron chi connectivity index (χ3n) is 4.01. The van der Waals surface area contributed by atoms with Gasteiger partial charge in [-0.3, -0.25) is 4.99 Å². The summed E-state index contributed by atoms with van der Waals surface area (Å²) in [7, 11) is -3.51. The van der Waals surface area contributed by atoms with Gasteiger partial charge in [-0.1, -0.05) is 29.8 Å². The van der Waals surface area contributed by atoms with Crippen molar-refractivity contribution in [2.45, 2.75) is 17.1 Å². The van der Waals surface area contributed by atoms with E-state index in [1.54, 1.807) is 42.5 Å². The quantitative estimate of drug-likeness (QED) is 0.753. The van der Waals surface area contributed by atoms with Gasteiger partial charge in [0.05, 0.1) is 21.7 Å². The number of benzene rings is 2. The van der Waals surface area contributed by atoms with Crippen molar-refractivity contribution >= 4 is 44.4 Å². The fourth-order valence-corrected chi connectivity index (χ4v) is 4.42. The number of nitrogens with one attached hydrogen (secondary N) is 1. The molecular weight excluding hydrogens is 358 g/mol. The first-order valence-corrected chi connectivity index (χ1v) is 9.75. The Morgan fingerprint density at radius 1 is 1.16 bits per heavy atom. The van der Waals surface area contributed by atoms with Crippen molar-refractivity contribution < 1.29 is 8.42 Å². The minimum Gasteiger partial charge on any atom is -0.337 e. The second-order valence-electron chi connectivity index (χ2n) is 5.75. The molecule has 0 saturated heterocycles. The molecule has 1 aromatic heterocycles. The summed E-state index contributed by atoms with van der Waals surface area (Å²) in [6.07, 6.45) is 4.55. The number of rotatable bonds is 4.